The van der Waals surface area contributed by atoms with Gasteiger partial charge in [0.25, 0.3) is 0 Å². The van der Waals surface area contributed by atoms with Crippen molar-refractivity contribution in [1.29, 1.82) is 0 Å². The number of hydrogen-bond acceptors (Lipinski definition) is 4. The molecule has 1 heterocycles. The third-order valence-corrected chi connectivity index (χ3v) is 2.41. The molecule has 2 rings (SSSR count). The molecule has 4 nitrogen and oxygen atoms in total. The van der Waals surface area contributed by atoms with Crippen molar-refractivity contribution in [3.05, 3.63) is 23.9 Å². The number of hydrogen-bond donors (Lipinski definition) is 2. The van der Waals surface area contributed by atoms with Gasteiger partial charge in [0.15, 0.2) is 11.5 Å². The van der Waals surface area contributed by atoms with Crippen LogP contribution in [0.3, 0.4) is 0 Å². The number of nitrogens with two attached hydrogens (primary N) is 1. The number of nitrogens with zero attached hydrogens (tertiary/aromatic N) is 1. The van der Waals surface area contributed by atoms with Gasteiger partial charge < -0.3 is 15.6 Å². The molecule has 0 saturated carbocycles. The number of phenolic OH excluding ortho intramolecular Hbond substituents is 1. The average Bonchev–Trinajstić information content (AvgIpc) is 2.23. The van der Waals surface area contributed by atoms with E-state index < -0.39 is 0 Å². The van der Waals surface area contributed by atoms with Crippen LogP contribution in [0.15, 0.2) is 18.3 Å². The number of aryl methyl sites for hydroxylation is 1. The van der Waals surface area contributed by atoms with Crippen LogP contribution in [0.4, 0.5) is 5.69 Å². The minimum Gasteiger partial charge on any atom is -0.504 e. The summed E-state index contributed by atoms with van der Waals surface area (Å²) in [6.07, 6.45) is 1.67. The van der Waals surface area contributed by atoms with Crippen LogP contribution in [0.1, 0.15) is 5.56 Å². The number of aromatic nitrogens is 1. The molecule has 0 fully saturated rings. The van der Waals surface area contributed by atoms with Gasteiger partial charge >= 0.3 is 0 Å². The second-order valence-electron chi connectivity index (χ2n) is 3.37. The molecule has 0 bridgehead atoms. The standard InChI is InChI=1S/C11H12N2O2.Ar/c1-6-3-4-13-10-7(12)5-8(15-2)11(14)9(6)10;/h3-5,14H,12H2,1-2H3;. The zero-order valence-electron chi connectivity index (χ0n) is 8.97. The molecule has 0 spiro atoms. The summed E-state index contributed by atoms with van der Waals surface area (Å²) in [5.74, 6) is 0.461. The molecule has 16 heavy (non-hydrogen) atoms. The number of aromatic hydroxyl groups is 1. The first-order valence-corrected chi connectivity index (χ1v) is 4.56. The van der Waals surface area contributed by atoms with Gasteiger partial charge in [-0.05, 0) is 18.6 Å². The van der Waals surface area contributed by atoms with Gasteiger partial charge in [-0.1, -0.05) is 0 Å². The first-order valence-electron chi connectivity index (χ1n) is 4.56. The molecule has 0 aliphatic carbocycles. The maximum atomic E-state index is 9.93. The normalized spacial score (nSPS) is 9.88. The van der Waals surface area contributed by atoms with E-state index in [4.69, 9.17) is 10.5 Å². The molecule has 0 aliphatic rings. The molecule has 0 atom stereocenters. The molecule has 0 amide bonds. The number of rotatable bonds is 1. The van der Waals surface area contributed by atoms with Gasteiger partial charge in [-0.2, -0.15) is 0 Å². The Bertz CT molecular complexity index is 529. The van der Waals surface area contributed by atoms with Crippen molar-refractivity contribution in [3.8, 4) is 11.5 Å². The van der Waals surface area contributed by atoms with Crippen molar-refractivity contribution in [2.45, 2.75) is 6.92 Å². The number of phenols is 1. The van der Waals surface area contributed by atoms with E-state index in [1.165, 1.54) is 7.11 Å². The Morgan fingerprint density at radius 3 is 2.75 bits per heavy atom. The fourth-order valence-corrected chi connectivity index (χ4v) is 1.63. The minimum absolute atomic E-state index is 0. The topological polar surface area (TPSA) is 68.4 Å². The number of anilines is 1. The number of ether oxygens (including phenoxy) is 1. The molecule has 0 radical (unpaired) electrons. The van der Waals surface area contributed by atoms with Crippen LogP contribution in [0.5, 0.6) is 11.5 Å². The SMILES string of the molecule is COc1cc(N)c2nccc(C)c2c1O.[Ar]. The minimum atomic E-state index is 0. The van der Waals surface area contributed by atoms with Crippen LogP contribution in [-0.2, 0) is 0 Å². The van der Waals surface area contributed by atoms with Crippen LogP contribution in [0, 0.1) is 44.7 Å². The predicted molar refractivity (Wildman–Crippen MR) is 59.1 cm³/mol. The summed E-state index contributed by atoms with van der Waals surface area (Å²) >= 11 is 0. The van der Waals surface area contributed by atoms with Crippen LogP contribution in [0.25, 0.3) is 10.9 Å². The molecular weight excluding hydrogens is 232 g/mol. The van der Waals surface area contributed by atoms with Gasteiger partial charge in [0, 0.05) is 50.0 Å². The van der Waals surface area contributed by atoms with Crippen LogP contribution in [-0.4, -0.2) is 17.2 Å². The van der Waals surface area contributed by atoms with Gasteiger partial charge in [-0.25, -0.2) is 0 Å². The summed E-state index contributed by atoms with van der Waals surface area (Å²) in [4.78, 5) is 4.14. The Balaban J connectivity index is 0.00000128. The van der Waals surface area contributed by atoms with Gasteiger partial charge in [0.1, 0.15) is 0 Å². The number of methoxy groups -OCH3 is 1. The molecule has 1 aromatic carbocycles. The maximum absolute atomic E-state index is 9.93. The fraction of sp³-hybridized carbons (Fsp3) is 0.182. The van der Waals surface area contributed by atoms with Crippen molar-refractivity contribution in [3.63, 3.8) is 0 Å². The van der Waals surface area contributed by atoms with Crippen LogP contribution < -0.4 is 10.5 Å². The monoisotopic (exact) mass is 244 g/mol. The summed E-state index contributed by atoms with van der Waals surface area (Å²) < 4.78 is 5.03. The van der Waals surface area contributed by atoms with Crippen molar-refractivity contribution in [2.24, 2.45) is 0 Å². The Morgan fingerprint density at radius 2 is 2.12 bits per heavy atom. The Kier molecular flexibility index (Phi) is 4.24. The molecule has 2 aromatic rings. The quantitative estimate of drug-likeness (QED) is 0.593. The molecule has 3 N–H and O–H groups in total. The molecule has 86 valence electrons. The van der Waals surface area contributed by atoms with Crippen molar-refractivity contribution >= 4 is 16.6 Å². The van der Waals surface area contributed by atoms with E-state index in [2.05, 4.69) is 4.98 Å². The molecule has 0 aliphatic heterocycles. The summed E-state index contributed by atoms with van der Waals surface area (Å²) in [6.45, 7) is 1.89. The van der Waals surface area contributed by atoms with Crippen molar-refractivity contribution in [2.75, 3.05) is 12.8 Å². The number of pyridine rings is 1. The largest absolute Gasteiger partial charge is 0.504 e. The molecule has 5 heteroatoms. The van der Waals surface area contributed by atoms with Crippen LogP contribution in [0.2, 0.25) is 0 Å². The summed E-state index contributed by atoms with van der Waals surface area (Å²) in [6, 6.07) is 3.39. The third kappa shape index (κ3) is 2.05. The number of nitrogen functional groups attached to an aromatic ring is 1. The third-order valence-electron chi connectivity index (χ3n) is 2.41. The van der Waals surface area contributed by atoms with Crippen LogP contribution >= 0.6 is 0 Å². The molecule has 0 saturated heterocycles. The molecular formula is C11H12ArN2O2. The zero-order chi connectivity index (χ0) is 11.0. The van der Waals surface area contributed by atoms with E-state index >= 15 is 0 Å². The summed E-state index contributed by atoms with van der Waals surface area (Å²) in [5, 5.41) is 10.6. The predicted octanol–water partition coefficient (Wildman–Crippen LogP) is 1.84. The summed E-state index contributed by atoms with van der Waals surface area (Å²) in [5.41, 5.74) is 7.84. The van der Waals surface area contributed by atoms with Gasteiger partial charge in [-0.3, -0.25) is 4.98 Å². The van der Waals surface area contributed by atoms with E-state index in [1.54, 1.807) is 12.3 Å². The Morgan fingerprint density at radius 1 is 1.44 bits per heavy atom. The second-order valence-corrected chi connectivity index (χ2v) is 3.37. The van der Waals surface area contributed by atoms with E-state index in [-0.39, 0.29) is 43.5 Å². The summed E-state index contributed by atoms with van der Waals surface area (Å²) in [7, 11) is 1.49. The molecule has 1 aromatic heterocycles. The fourth-order valence-electron chi connectivity index (χ4n) is 1.63. The van der Waals surface area contributed by atoms with Gasteiger partial charge in [0.2, 0.25) is 0 Å². The Hall–Kier alpha value is -0.710. The van der Waals surface area contributed by atoms with E-state index in [0.717, 1.165) is 5.56 Å². The Labute approximate surface area is 123 Å². The van der Waals surface area contributed by atoms with Crippen molar-refractivity contribution in [1.82, 2.24) is 4.98 Å². The maximum Gasteiger partial charge on any atom is 0.167 e. The number of fused-ring (bicyclic) bond motifs is 1. The van der Waals surface area contributed by atoms with Crippen molar-refractivity contribution < 1.29 is 47.6 Å². The van der Waals surface area contributed by atoms with Gasteiger partial charge in [0.05, 0.1) is 23.7 Å². The van der Waals surface area contributed by atoms with Gasteiger partial charge in [-0.15, -0.1) is 0 Å². The average molecular weight is 244 g/mol. The zero-order valence-corrected chi connectivity index (χ0v) is 9.67. The number of benzene rings is 1. The van der Waals surface area contributed by atoms with E-state index in [1.807, 2.05) is 13.0 Å². The second kappa shape index (κ2) is 5.08. The first kappa shape index (κ1) is 13.4. The smallest absolute Gasteiger partial charge is 0.167 e. The van der Waals surface area contributed by atoms with E-state index in [9.17, 15) is 5.11 Å². The van der Waals surface area contributed by atoms with E-state index in [0.29, 0.717) is 22.3 Å². The molecule has 0 unspecified atom stereocenters. The first-order chi connectivity index (χ1) is 7.15.